The maximum absolute atomic E-state index is 13.5. The average Bonchev–Trinajstić information content (AvgIpc) is 3.21. The number of anilines is 1. The Morgan fingerprint density at radius 2 is 1.73 bits per heavy atom. The van der Waals surface area contributed by atoms with Crippen molar-refractivity contribution in [2.75, 3.05) is 46.2 Å². The quantitative estimate of drug-likeness (QED) is 0.456. The average molecular weight is 491 g/mol. The molecule has 3 aromatic rings. The molecule has 0 aliphatic heterocycles. The Kier molecular flexibility index (Phi) is 7.73. The van der Waals surface area contributed by atoms with Crippen LogP contribution in [0.4, 0.5) is 5.13 Å². The molecule has 2 aromatic carbocycles. The van der Waals surface area contributed by atoms with Crippen molar-refractivity contribution in [3.63, 3.8) is 0 Å². The zero-order valence-electron chi connectivity index (χ0n) is 19.8. The molecule has 8 nitrogen and oxygen atoms in total. The molecule has 1 heterocycles. The van der Waals surface area contributed by atoms with Crippen molar-refractivity contribution < 1.29 is 17.9 Å². The molecule has 0 aliphatic rings. The highest BCUT2D eigenvalue weighted by Crippen LogP contribution is 2.32. The highest BCUT2D eigenvalue weighted by Gasteiger charge is 2.25. The summed E-state index contributed by atoms with van der Waals surface area (Å²) in [6.45, 7) is 4.72. The molecule has 0 bridgehead atoms. The first-order valence-electron chi connectivity index (χ1n) is 10.5. The molecule has 33 heavy (non-hydrogen) atoms. The molecule has 0 N–H and O–H groups in total. The number of thiazole rings is 1. The number of rotatable bonds is 9. The molecule has 1 aromatic heterocycles. The van der Waals surface area contributed by atoms with Crippen molar-refractivity contribution in [2.45, 2.75) is 24.8 Å². The molecule has 0 radical (unpaired) electrons. The topological polar surface area (TPSA) is 83.0 Å². The Morgan fingerprint density at radius 3 is 2.30 bits per heavy atom. The third kappa shape index (κ3) is 5.52. The lowest BCUT2D eigenvalue weighted by Crippen LogP contribution is -2.37. The molecule has 10 heteroatoms. The molecule has 0 unspecified atom stereocenters. The number of aromatic nitrogens is 1. The van der Waals surface area contributed by atoms with E-state index < -0.39 is 10.0 Å². The van der Waals surface area contributed by atoms with Crippen LogP contribution >= 0.6 is 11.3 Å². The fourth-order valence-corrected chi connectivity index (χ4v) is 5.47. The summed E-state index contributed by atoms with van der Waals surface area (Å²) in [5.41, 5.74) is 1.19. The Balaban J connectivity index is 1.94. The Labute approximate surface area is 199 Å². The molecule has 0 aliphatic carbocycles. The van der Waals surface area contributed by atoms with Gasteiger partial charge in [-0.2, -0.15) is 4.31 Å². The number of likely N-dealkylation sites (N-methyl/N-ethyl adjacent to an activating group) is 1. The molecule has 178 valence electrons. The number of amides is 1. The second-order valence-electron chi connectivity index (χ2n) is 8.23. The van der Waals surface area contributed by atoms with Gasteiger partial charge in [0.25, 0.3) is 5.91 Å². The third-order valence-electron chi connectivity index (χ3n) is 5.34. The molecule has 1 amide bonds. The summed E-state index contributed by atoms with van der Waals surface area (Å²) in [4.78, 5) is 21.9. The first kappa shape index (κ1) is 25.1. The van der Waals surface area contributed by atoms with Crippen molar-refractivity contribution in [2.24, 2.45) is 0 Å². The van der Waals surface area contributed by atoms with E-state index in [1.165, 1.54) is 27.8 Å². The van der Waals surface area contributed by atoms with Crippen LogP contribution in [0.5, 0.6) is 5.75 Å². The minimum Gasteiger partial charge on any atom is -0.497 e. The van der Waals surface area contributed by atoms with Gasteiger partial charge in [-0.15, -0.1) is 0 Å². The number of nitrogens with zero attached hydrogens (tertiary/aromatic N) is 4. The molecule has 0 saturated carbocycles. The summed E-state index contributed by atoms with van der Waals surface area (Å²) in [5, 5.41) is 0.585. The lowest BCUT2D eigenvalue weighted by molar-refractivity contribution is 0.0985. The fraction of sp³-hybridized carbons (Fsp3) is 0.391. The van der Waals surface area contributed by atoms with E-state index in [1.807, 2.05) is 51.0 Å². The maximum atomic E-state index is 13.5. The Bertz CT molecular complexity index is 1220. The zero-order chi connectivity index (χ0) is 24.3. The monoisotopic (exact) mass is 490 g/mol. The van der Waals surface area contributed by atoms with Crippen LogP contribution in [0.2, 0.25) is 0 Å². The van der Waals surface area contributed by atoms with E-state index in [0.29, 0.717) is 23.8 Å². The predicted molar refractivity (Wildman–Crippen MR) is 133 cm³/mol. The first-order chi connectivity index (χ1) is 15.5. The highest BCUT2D eigenvalue weighted by molar-refractivity contribution is 7.89. The SMILES string of the molecule is COc1ccc2nc(N(CCN(C)C)C(=O)c3ccc(S(=O)(=O)N(C)C(C)C)cc3)sc2c1. The molecule has 0 fully saturated rings. The van der Waals surface area contributed by atoms with Crippen molar-refractivity contribution in [1.82, 2.24) is 14.2 Å². The molecule has 0 spiro atoms. The predicted octanol–water partition coefficient (Wildman–Crippen LogP) is 3.54. The summed E-state index contributed by atoms with van der Waals surface area (Å²) >= 11 is 1.42. The first-order valence-corrected chi connectivity index (χ1v) is 12.8. The summed E-state index contributed by atoms with van der Waals surface area (Å²) in [6, 6.07) is 11.5. The number of carbonyl (C=O) groups is 1. The van der Waals surface area contributed by atoms with E-state index in [2.05, 4.69) is 4.98 Å². The normalized spacial score (nSPS) is 12.2. The molecular formula is C23H30N4O4S2. The Morgan fingerprint density at radius 1 is 1.06 bits per heavy atom. The van der Waals surface area contributed by atoms with E-state index >= 15 is 0 Å². The smallest absolute Gasteiger partial charge is 0.260 e. The molecular weight excluding hydrogens is 460 g/mol. The van der Waals surface area contributed by atoms with Crippen LogP contribution < -0.4 is 9.64 Å². The lowest BCUT2D eigenvalue weighted by Gasteiger charge is -2.23. The van der Waals surface area contributed by atoms with Gasteiger partial charge in [-0.05, 0) is 70.4 Å². The summed E-state index contributed by atoms with van der Waals surface area (Å²) < 4.78 is 33.0. The largest absolute Gasteiger partial charge is 0.497 e. The Hall–Kier alpha value is -2.53. The van der Waals surface area contributed by atoms with Gasteiger partial charge in [-0.25, -0.2) is 13.4 Å². The van der Waals surface area contributed by atoms with Crippen LogP contribution in [0, 0.1) is 0 Å². The van der Waals surface area contributed by atoms with Gasteiger partial charge < -0.3 is 9.64 Å². The summed E-state index contributed by atoms with van der Waals surface area (Å²) in [7, 11) is 3.42. The van der Waals surface area contributed by atoms with Gasteiger partial charge in [0, 0.05) is 31.7 Å². The highest BCUT2D eigenvalue weighted by atomic mass is 32.2. The molecule has 0 atom stereocenters. The standard InChI is InChI=1S/C23H30N4O4S2/c1-16(2)26(5)33(29,30)19-10-7-17(8-11-19)22(28)27(14-13-25(3)4)23-24-20-12-9-18(31-6)15-21(20)32-23/h7-12,15-16H,13-14H2,1-6H3. The van der Waals surface area contributed by atoms with E-state index in [-0.39, 0.29) is 16.8 Å². The van der Waals surface area contributed by atoms with Gasteiger partial charge in [0.05, 0.1) is 22.2 Å². The van der Waals surface area contributed by atoms with Crippen LogP contribution in [0.15, 0.2) is 47.4 Å². The molecule has 3 rings (SSSR count). The number of ether oxygens (including phenoxy) is 1. The number of fused-ring (bicyclic) bond motifs is 1. The van der Waals surface area contributed by atoms with E-state index in [1.54, 1.807) is 31.2 Å². The zero-order valence-corrected chi connectivity index (χ0v) is 21.4. The van der Waals surface area contributed by atoms with Crippen LogP contribution in [0.1, 0.15) is 24.2 Å². The van der Waals surface area contributed by atoms with Crippen molar-refractivity contribution in [3.8, 4) is 5.75 Å². The number of methoxy groups -OCH3 is 1. The van der Waals surface area contributed by atoms with Crippen LogP contribution in [-0.4, -0.2) is 75.9 Å². The number of hydrogen-bond donors (Lipinski definition) is 0. The number of benzene rings is 2. The minimum absolute atomic E-state index is 0.155. The second kappa shape index (κ2) is 10.2. The minimum atomic E-state index is -3.62. The maximum Gasteiger partial charge on any atom is 0.260 e. The third-order valence-corrected chi connectivity index (χ3v) is 8.43. The van der Waals surface area contributed by atoms with Crippen LogP contribution in [-0.2, 0) is 10.0 Å². The number of hydrogen-bond acceptors (Lipinski definition) is 7. The summed E-state index contributed by atoms with van der Waals surface area (Å²) in [6.07, 6.45) is 0. The van der Waals surface area contributed by atoms with Crippen molar-refractivity contribution in [1.29, 1.82) is 0 Å². The van der Waals surface area contributed by atoms with E-state index in [9.17, 15) is 13.2 Å². The van der Waals surface area contributed by atoms with Crippen LogP contribution in [0.3, 0.4) is 0 Å². The van der Waals surface area contributed by atoms with Gasteiger partial charge in [0.15, 0.2) is 5.13 Å². The fourth-order valence-electron chi connectivity index (χ4n) is 3.09. The second-order valence-corrected chi connectivity index (χ2v) is 11.2. The van der Waals surface area contributed by atoms with E-state index in [4.69, 9.17) is 4.74 Å². The van der Waals surface area contributed by atoms with Gasteiger partial charge in [0.1, 0.15) is 5.75 Å². The number of carbonyl (C=O) groups excluding carboxylic acids is 1. The van der Waals surface area contributed by atoms with Crippen molar-refractivity contribution in [3.05, 3.63) is 48.0 Å². The lowest BCUT2D eigenvalue weighted by atomic mass is 10.2. The van der Waals surface area contributed by atoms with Gasteiger partial charge >= 0.3 is 0 Å². The number of sulfonamides is 1. The van der Waals surface area contributed by atoms with Crippen LogP contribution in [0.25, 0.3) is 10.2 Å². The van der Waals surface area contributed by atoms with Gasteiger partial charge in [-0.1, -0.05) is 11.3 Å². The molecule has 0 saturated heterocycles. The summed E-state index contributed by atoms with van der Waals surface area (Å²) in [5.74, 6) is 0.496. The van der Waals surface area contributed by atoms with Crippen molar-refractivity contribution >= 4 is 42.6 Å². The van der Waals surface area contributed by atoms with Gasteiger partial charge in [0.2, 0.25) is 10.0 Å². The van der Waals surface area contributed by atoms with Gasteiger partial charge in [-0.3, -0.25) is 9.69 Å². The van der Waals surface area contributed by atoms with E-state index in [0.717, 1.165) is 16.0 Å².